The second kappa shape index (κ2) is 7.43. The quantitative estimate of drug-likeness (QED) is 0.461. The molecule has 0 radical (unpaired) electrons. The minimum absolute atomic E-state index is 0.204. The maximum absolute atomic E-state index is 13.9. The van der Waals surface area contributed by atoms with Gasteiger partial charge in [0.1, 0.15) is 11.7 Å². The molecule has 0 aromatic heterocycles. The van der Waals surface area contributed by atoms with Crippen molar-refractivity contribution in [3.8, 4) is 0 Å². The lowest BCUT2D eigenvalue weighted by Gasteiger charge is -2.34. The maximum Gasteiger partial charge on any atom is 0.125 e. The maximum atomic E-state index is 13.9. The fourth-order valence-electron chi connectivity index (χ4n) is 3.46. The Kier molecular flexibility index (Phi) is 5.03. The van der Waals surface area contributed by atoms with E-state index in [9.17, 15) is 4.39 Å². The smallest absolute Gasteiger partial charge is 0.125 e. The van der Waals surface area contributed by atoms with Crippen LogP contribution in [-0.4, -0.2) is 55.5 Å². The van der Waals surface area contributed by atoms with E-state index in [1.807, 2.05) is 19.1 Å². The summed E-state index contributed by atoms with van der Waals surface area (Å²) in [5.41, 5.74) is 2.03. The number of benzene rings is 2. The Labute approximate surface area is 156 Å². The van der Waals surface area contributed by atoms with Crippen molar-refractivity contribution in [3.05, 3.63) is 48.3 Å². The highest BCUT2D eigenvalue weighted by Crippen LogP contribution is 2.35. The zero-order chi connectivity index (χ0) is 18.1. The van der Waals surface area contributed by atoms with Gasteiger partial charge >= 0.3 is 0 Å². The molecule has 1 unspecified atom stereocenters. The van der Waals surface area contributed by atoms with Gasteiger partial charge in [0.05, 0.1) is 18.0 Å². The van der Waals surface area contributed by atoms with Gasteiger partial charge in [0.25, 0.3) is 0 Å². The summed E-state index contributed by atoms with van der Waals surface area (Å²) in [5, 5.41) is 2.44. The van der Waals surface area contributed by atoms with Crippen molar-refractivity contribution in [3.63, 3.8) is 0 Å². The molecule has 2 aromatic rings. The summed E-state index contributed by atoms with van der Waals surface area (Å²) < 4.78 is 13.9. The summed E-state index contributed by atoms with van der Waals surface area (Å²) in [6.45, 7) is 6.95. The van der Waals surface area contributed by atoms with Crippen LogP contribution >= 0.6 is 8.58 Å². The number of para-hydroxylation sites is 1. The molecule has 4 rings (SSSR count). The molecule has 1 atom stereocenters. The second-order valence-corrected chi connectivity index (χ2v) is 8.23. The first-order valence-corrected chi connectivity index (χ1v) is 9.99. The van der Waals surface area contributed by atoms with E-state index in [4.69, 9.17) is 4.99 Å². The van der Waals surface area contributed by atoms with Gasteiger partial charge in [0.15, 0.2) is 0 Å². The van der Waals surface area contributed by atoms with Gasteiger partial charge in [-0.15, -0.1) is 0 Å². The van der Waals surface area contributed by atoms with E-state index < -0.39 is 0 Å². The lowest BCUT2D eigenvalue weighted by atomic mass is 10.2. The number of likely N-dealkylation sites (N-methyl/N-ethyl adjacent to an activating group) is 1. The molecule has 1 fully saturated rings. The van der Waals surface area contributed by atoms with Crippen LogP contribution < -0.4 is 15.5 Å². The topological polar surface area (TPSA) is 22.1 Å². The van der Waals surface area contributed by atoms with Gasteiger partial charge < -0.3 is 4.90 Å². The summed E-state index contributed by atoms with van der Waals surface area (Å²) in [6.07, 6.45) is 0. The molecule has 0 saturated carbocycles. The molecule has 0 spiro atoms. The lowest BCUT2D eigenvalue weighted by molar-refractivity contribution is 0.158. The predicted octanol–water partition coefficient (Wildman–Crippen LogP) is 2.53. The molecule has 0 bridgehead atoms. The third-order valence-corrected chi connectivity index (χ3v) is 6.42. The fourth-order valence-corrected chi connectivity index (χ4v) is 4.73. The van der Waals surface area contributed by atoms with Crippen LogP contribution in [0.4, 0.5) is 15.8 Å². The average molecular weight is 370 g/mol. The standard InChI is InChI=1S/C20H24FN4P/c1-15(22-14-24-11-9-23(2)10-12-24)25-17-5-3-4-6-19(17)26-20-8-7-16(21)13-18(20)25/h3-8,13,26H,9-12,14H2,1-2H3/b22-15+. The summed E-state index contributed by atoms with van der Waals surface area (Å²) in [4.78, 5) is 11.7. The van der Waals surface area contributed by atoms with E-state index in [2.05, 4.69) is 39.9 Å². The minimum Gasteiger partial charge on any atom is -0.304 e. The van der Waals surface area contributed by atoms with Crippen LogP contribution in [-0.2, 0) is 0 Å². The third-order valence-electron chi connectivity index (χ3n) is 5.03. The molecule has 1 saturated heterocycles. The molecule has 0 aliphatic carbocycles. The van der Waals surface area contributed by atoms with Crippen LogP contribution in [0.5, 0.6) is 0 Å². The van der Waals surface area contributed by atoms with Gasteiger partial charge in [-0.2, -0.15) is 0 Å². The fraction of sp³-hybridized carbons (Fsp3) is 0.350. The second-order valence-electron chi connectivity index (χ2n) is 6.91. The predicted molar refractivity (Wildman–Crippen MR) is 110 cm³/mol. The summed E-state index contributed by atoms with van der Waals surface area (Å²) in [7, 11) is 2.70. The van der Waals surface area contributed by atoms with Crippen molar-refractivity contribution in [2.24, 2.45) is 4.99 Å². The number of anilines is 2. The number of hydrogen-bond donors (Lipinski definition) is 0. The van der Waals surface area contributed by atoms with Gasteiger partial charge in [-0.25, -0.2) is 4.39 Å². The number of hydrogen-bond acceptors (Lipinski definition) is 3. The van der Waals surface area contributed by atoms with E-state index in [1.54, 1.807) is 12.1 Å². The number of rotatable bonds is 2. The summed E-state index contributed by atoms with van der Waals surface area (Å²) >= 11 is 0. The first-order chi connectivity index (χ1) is 12.6. The van der Waals surface area contributed by atoms with Gasteiger partial charge in [0, 0.05) is 36.8 Å². The zero-order valence-corrected chi connectivity index (χ0v) is 16.2. The van der Waals surface area contributed by atoms with Gasteiger partial charge in [-0.05, 0) is 38.2 Å². The zero-order valence-electron chi connectivity index (χ0n) is 15.2. The average Bonchev–Trinajstić information content (AvgIpc) is 2.65. The molecule has 2 aliphatic heterocycles. The molecule has 26 heavy (non-hydrogen) atoms. The molecule has 2 aromatic carbocycles. The number of fused-ring (bicyclic) bond motifs is 2. The van der Waals surface area contributed by atoms with E-state index >= 15 is 0 Å². The highest BCUT2D eigenvalue weighted by Gasteiger charge is 2.25. The van der Waals surface area contributed by atoms with Crippen LogP contribution in [0.3, 0.4) is 0 Å². The normalized spacial score (nSPS) is 19.5. The van der Waals surface area contributed by atoms with Crippen LogP contribution in [0.15, 0.2) is 47.5 Å². The number of piperazine rings is 1. The van der Waals surface area contributed by atoms with Gasteiger partial charge in [-0.3, -0.25) is 14.8 Å². The largest absolute Gasteiger partial charge is 0.304 e. The Morgan fingerprint density at radius 2 is 1.77 bits per heavy atom. The van der Waals surface area contributed by atoms with E-state index in [-0.39, 0.29) is 5.82 Å². The molecule has 136 valence electrons. The van der Waals surface area contributed by atoms with Crippen LogP contribution in [0.25, 0.3) is 0 Å². The number of amidine groups is 1. The molecule has 0 N–H and O–H groups in total. The van der Waals surface area contributed by atoms with E-state index in [1.165, 1.54) is 10.6 Å². The van der Waals surface area contributed by atoms with Crippen molar-refractivity contribution < 1.29 is 4.39 Å². The molecular weight excluding hydrogens is 346 g/mol. The van der Waals surface area contributed by atoms with E-state index in [0.717, 1.165) is 43.4 Å². The van der Waals surface area contributed by atoms with Crippen LogP contribution in [0, 0.1) is 5.82 Å². The molecule has 0 amide bonds. The summed E-state index contributed by atoms with van der Waals surface area (Å²) in [5.74, 6) is 0.706. The molecule has 4 nitrogen and oxygen atoms in total. The lowest BCUT2D eigenvalue weighted by Crippen LogP contribution is -2.44. The monoisotopic (exact) mass is 370 g/mol. The number of aliphatic imine (C=N–C) groups is 1. The highest BCUT2D eigenvalue weighted by atomic mass is 31.1. The van der Waals surface area contributed by atoms with Gasteiger partial charge in [-0.1, -0.05) is 26.8 Å². The Hall–Kier alpha value is -1.81. The van der Waals surface area contributed by atoms with Crippen LogP contribution in [0.1, 0.15) is 6.92 Å². The molecular formula is C20H24FN4P. The Morgan fingerprint density at radius 1 is 1.04 bits per heavy atom. The van der Waals surface area contributed by atoms with Crippen molar-refractivity contribution in [1.29, 1.82) is 0 Å². The minimum atomic E-state index is -0.204. The van der Waals surface area contributed by atoms with Gasteiger partial charge in [0.2, 0.25) is 0 Å². The van der Waals surface area contributed by atoms with Crippen molar-refractivity contribution in [2.45, 2.75) is 6.92 Å². The number of nitrogens with zero attached hydrogens (tertiary/aromatic N) is 4. The van der Waals surface area contributed by atoms with Crippen molar-refractivity contribution in [2.75, 3.05) is 44.8 Å². The molecule has 6 heteroatoms. The first kappa shape index (κ1) is 17.6. The Morgan fingerprint density at radius 3 is 2.58 bits per heavy atom. The van der Waals surface area contributed by atoms with E-state index in [0.29, 0.717) is 15.2 Å². The molecule has 2 aliphatic rings. The van der Waals surface area contributed by atoms with Crippen molar-refractivity contribution in [1.82, 2.24) is 9.80 Å². The SMILES string of the molecule is C/C(=N\CN1CCN(C)CC1)N1c2ccccc2Pc2ccc(F)cc21. The van der Waals surface area contributed by atoms with Crippen LogP contribution in [0.2, 0.25) is 0 Å². The Bertz CT molecular complexity index is 830. The highest BCUT2D eigenvalue weighted by molar-refractivity contribution is 7.56. The molecule has 2 heterocycles. The number of halogens is 1. The summed E-state index contributed by atoms with van der Waals surface area (Å²) in [6, 6.07) is 13.4. The Balaban J connectivity index is 1.64. The first-order valence-electron chi connectivity index (χ1n) is 8.99. The van der Waals surface area contributed by atoms with Crippen molar-refractivity contribution >= 4 is 36.4 Å². The third kappa shape index (κ3) is 3.52.